The molecule has 0 unspecified atom stereocenters. The fourth-order valence-electron chi connectivity index (χ4n) is 2.72. The Labute approximate surface area is 109 Å². The lowest BCUT2D eigenvalue weighted by Gasteiger charge is -2.09. The quantitative estimate of drug-likeness (QED) is 0.854. The van der Waals surface area contributed by atoms with Gasteiger partial charge >= 0.3 is 0 Å². The maximum absolute atomic E-state index is 13.2. The van der Waals surface area contributed by atoms with Crippen molar-refractivity contribution in [2.75, 3.05) is 0 Å². The number of fused-ring (bicyclic) bond motifs is 1. The molecule has 3 nitrogen and oxygen atoms in total. The molecule has 1 aromatic heterocycles. The zero-order valence-electron chi connectivity index (χ0n) is 10.4. The molecular formula is C14H14F2N2O. The number of ketones is 1. The summed E-state index contributed by atoms with van der Waals surface area (Å²) in [7, 11) is 0. The van der Waals surface area contributed by atoms with Crippen LogP contribution in [0.25, 0.3) is 11.0 Å². The molecule has 0 aliphatic heterocycles. The minimum absolute atomic E-state index is 0.114. The Bertz CT molecular complexity index is 630. The largest absolute Gasteiger partial charge is 0.323 e. The predicted molar refractivity (Wildman–Crippen MR) is 66.6 cm³/mol. The van der Waals surface area contributed by atoms with Gasteiger partial charge in [0.25, 0.3) is 0 Å². The number of hydrogen-bond donors (Lipinski definition) is 0. The van der Waals surface area contributed by atoms with Crippen LogP contribution in [-0.4, -0.2) is 15.3 Å². The highest BCUT2D eigenvalue weighted by molar-refractivity contribution is 5.83. The van der Waals surface area contributed by atoms with Gasteiger partial charge in [0, 0.05) is 18.1 Å². The molecule has 0 saturated heterocycles. The summed E-state index contributed by atoms with van der Waals surface area (Å²) in [4.78, 5) is 16.1. The van der Waals surface area contributed by atoms with Gasteiger partial charge in [0.1, 0.15) is 0 Å². The maximum Gasteiger partial charge on any atom is 0.161 e. The van der Waals surface area contributed by atoms with E-state index < -0.39 is 11.6 Å². The Morgan fingerprint density at radius 1 is 1.26 bits per heavy atom. The van der Waals surface area contributed by atoms with E-state index in [0.717, 1.165) is 37.8 Å². The van der Waals surface area contributed by atoms with Gasteiger partial charge < -0.3 is 4.57 Å². The number of Topliss-reactive ketones (excluding diaryl/α,β-unsaturated/α-hetero) is 1. The Hall–Kier alpha value is -1.78. The SMILES string of the molecule is O=C(Cn1cnc2cc(F)c(F)cc21)C1CCCC1. The zero-order chi connectivity index (χ0) is 13.4. The number of aromatic nitrogens is 2. The average molecular weight is 264 g/mol. The average Bonchev–Trinajstić information content (AvgIpc) is 3.01. The number of hydrogen-bond acceptors (Lipinski definition) is 2. The van der Waals surface area contributed by atoms with Gasteiger partial charge in [-0.25, -0.2) is 13.8 Å². The van der Waals surface area contributed by atoms with Gasteiger partial charge in [0.05, 0.1) is 23.9 Å². The van der Waals surface area contributed by atoms with Gasteiger partial charge in [-0.2, -0.15) is 0 Å². The van der Waals surface area contributed by atoms with E-state index in [1.54, 1.807) is 4.57 Å². The van der Waals surface area contributed by atoms with Gasteiger partial charge in [-0.1, -0.05) is 12.8 Å². The summed E-state index contributed by atoms with van der Waals surface area (Å²) in [6, 6.07) is 2.15. The van der Waals surface area contributed by atoms with Crippen LogP contribution in [0.3, 0.4) is 0 Å². The summed E-state index contributed by atoms with van der Waals surface area (Å²) in [6.45, 7) is 0.187. The van der Waals surface area contributed by atoms with E-state index in [-0.39, 0.29) is 18.2 Å². The normalized spacial score (nSPS) is 16.3. The summed E-state index contributed by atoms with van der Waals surface area (Å²) < 4.78 is 27.9. The molecule has 0 N–H and O–H groups in total. The summed E-state index contributed by atoms with van der Waals surface area (Å²) in [5.41, 5.74) is 0.836. The Morgan fingerprint density at radius 3 is 2.68 bits per heavy atom. The molecule has 0 radical (unpaired) electrons. The van der Waals surface area contributed by atoms with Gasteiger partial charge in [-0.3, -0.25) is 4.79 Å². The Kier molecular flexibility index (Phi) is 3.05. The molecule has 1 saturated carbocycles. The summed E-state index contributed by atoms with van der Waals surface area (Å²) in [5.74, 6) is -1.56. The Balaban J connectivity index is 1.88. The van der Waals surface area contributed by atoms with Crippen LogP contribution in [0, 0.1) is 17.6 Å². The van der Waals surface area contributed by atoms with Crippen LogP contribution in [0.2, 0.25) is 0 Å². The topological polar surface area (TPSA) is 34.9 Å². The highest BCUT2D eigenvalue weighted by Crippen LogP contribution is 2.26. The van der Waals surface area contributed by atoms with Crippen LogP contribution < -0.4 is 0 Å². The number of halogens is 2. The van der Waals surface area contributed by atoms with E-state index in [1.807, 2.05) is 0 Å². The van der Waals surface area contributed by atoms with E-state index in [2.05, 4.69) is 4.98 Å². The van der Waals surface area contributed by atoms with Crippen molar-refractivity contribution in [1.82, 2.24) is 9.55 Å². The van der Waals surface area contributed by atoms with Crippen LogP contribution in [-0.2, 0) is 11.3 Å². The first kappa shape index (κ1) is 12.3. The van der Waals surface area contributed by atoms with Gasteiger partial charge in [0.15, 0.2) is 17.4 Å². The molecule has 1 aliphatic carbocycles. The molecule has 0 atom stereocenters. The summed E-state index contributed by atoms with van der Waals surface area (Å²) in [5, 5.41) is 0. The lowest BCUT2D eigenvalue weighted by molar-refractivity contribution is -0.123. The first-order valence-corrected chi connectivity index (χ1v) is 6.48. The van der Waals surface area contributed by atoms with Crippen LogP contribution in [0.5, 0.6) is 0 Å². The van der Waals surface area contributed by atoms with Crippen molar-refractivity contribution < 1.29 is 13.6 Å². The van der Waals surface area contributed by atoms with Crippen molar-refractivity contribution >= 4 is 16.8 Å². The maximum atomic E-state index is 13.2. The third kappa shape index (κ3) is 2.25. The number of nitrogens with zero attached hydrogens (tertiary/aromatic N) is 2. The molecule has 0 bridgehead atoms. The molecule has 3 rings (SSSR count). The molecule has 19 heavy (non-hydrogen) atoms. The molecule has 1 fully saturated rings. The van der Waals surface area contributed by atoms with E-state index in [0.29, 0.717) is 11.0 Å². The van der Waals surface area contributed by atoms with Crippen LogP contribution in [0.15, 0.2) is 18.5 Å². The minimum Gasteiger partial charge on any atom is -0.323 e. The van der Waals surface area contributed by atoms with Crippen molar-refractivity contribution in [3.63, 3.8) is 0 Å². The van der Waals surface area contributed by atoms with Crippen molar-refractivity contribution in [3.05, 3.63) is 30.1 Å². The first-order chi connectivity index (χ1) is 9.15. The number of benzene rings is 1. The number of carbonyl (C=O) groups excluding carboxylic acids is 1. The molecule has 0 spiro atoms. The molecule has 1 aromatic carbocycles. The second-order valence-corrected chi connectivity index (χ2v) is 5.08. The highest BCUT2D eigenvalue weighted by atomic mass is 19.2. The second kappa shape index (κ2) is 4.72. The molecular weight excluding hydrogens is 250 g/mol. The minimum atomic E-state index is -0.917. The fourth-order valence-corrected chi connectivity index (χ4v) is 2.72. The first-order valence-electron chi connectivity index (χ1n) is 6.48. The lowest BCUT2D eigenvalue weighted by atomic mass is 10.0. The molecule has 1 heterocycles. The summed E-state index contributed by atoms with van der Waals surface area (Å²) in [6.07, 6.45) is 5.54. The number of carbonyl (C=O) groups is 1. The molecule has 1 aliphatic rings. The zero-order valence-corrected chi connectivity index (χ0v) is 10.4. The monoisotopic (exact) mass is 264 g/mol. The highest BCUT2D eigenvalue weighted by Gasteiger charge is 2.23. The van der Waals surface area contributed by atoms with Crippen LogP contribution in [0.1, 0.15) is 25.7 Å². The van der Waals surface area contributed by atoms with Crippen molar-refractivity contribution in [2.24, 2.45) is 5.92 Å². The van der Waals surface area contributed by atoms with Gasteiger partial charge in [0.2, 0.25) is 0 Å². The smallest absolute Gasteiger partial charge is 0.161 e. The Morgan fingerprint density at radius 2 is 1.95 bits per heavy atom. The molecule has 100 valence electrons. The fraction of sp³-hybridized carbons (Fsp3) is 0.429. The van der Waals surface area contributed by atoms with E-state index in [1.165, 1.54) is 6.33 Å². The van der Waals surface area contributed by atoms with Crippen LogP contribution in [0.4, 0.5) is 8.78 Å². The lowest BCUT2D eigenvalue weighted by Crippen LogP contribution is -2.17. The third-order valence-corrected chi connectivity index (χ3v) is 3.80. The van der Waals surface area contributed by atoms with E-state index >= 15 is 0 Å². The number of imidazole rings is 1. The van der Waals surface area contributed by atoms with E-state index in [4.69, 9.17) is 0 Å². The molecule has 5 heteroatoms. The van der Waals surface area contributed by atoms with Crippen molar-refractivity contribution in [1.29, 1.82) is 0 Å². The standard InChI is InChI=1S/C14H14F2N2O/c15-10-5-12-13(6-11(10)16)18(8-17-12)7-14(19)9-3-1-2-4-9/h5-6,8-9H,1-4,7H2. The van der Waals surface area contributed by atoms with Gasteiger partial charge in [-0.15, -0.1) is 0 Å². The van der Waals surface area contributed by atoms with Crippen molar-refractivity contribution in [3.8, 4) is 0 Å². The second-order valence-electron chi connectivity index (χ2n) is 5.08. The molecule has 0 amide bonds. The third-order valence-electron chi connectivity index (χ3n) is 3.80. The number of rotatable bonds is 3. The van der Waals surface area contributed by atoms with E-state index in [9.17, 15) is 13.6 Å². The molecule has 2 aromatic rings. The predicted octanol–water partition coefficient (Wildman–Crippen LogP) is 3.07. The van der Waals surface area contributed by atoms with Gasteiger partial charge in [-0.05, 0) is 12.8 Å². The summed E-state index contributed by atoms with van der Waals surface area (Å²) >= 11 is 0. The van der Waals surface area contributed by atoms with Crippen LogP contribution >= 0.6 is 0 Å². The van der Waals surface area contributed by atoms with Crippen molar-refractivity contribution in [2.45, 2.75) is 32.2 Å².